The summed E-state index contributed by atoms with van der Waals surface area (Å²) in [5, 5.41) is 13.8. The molecule has 0 aliphatic heterocycles. The van der Waals surface area contributed by atoms with Crippen LogP contribution < -0.4 is 33.6 Å². The maximum atomic E-state index is 12.4. The van der Waals surface area contributed by atoms with Crippen LogP contribution in [0.15, 0.2) is 0 Å². The van der Waals surface area contributed by atoms with Crippen LogP contribution in [0.25, 0.3) is 0 Å². The monoisotopic (exact) mass is 388 g/mol. The number of hydrogen-bond donors (Lipinski definition) is 7. The van der Waals surface area contributed by atoms with Crippen molar-refractivity contribution < 1.29 is 29.1 Å². The Bertz CT molecular complexity index is 555. The number of unbranched alkanes of at least 4 members (excludes halogenated alkanes) is 1. The molecule has 0 fully saturated rings. The summed E-state index contributed by atoms with van der Waals surface area (Å²) in [6, 6.07) is -3.72. The van der Waals surface area contributed by atoms with Gasteiger partial charge in [-0.05, 0) is 32.2 Å². The van der Waals surface area contributed by atoms with Crippen LogP contribution in [0.3, 0.4) is 0 Å². The molecule has 12 nitrogen and oxygen atoms in total. The lowest BCUT2D eigenvalue weighted by molar-refractivity contribution is -0.142. The Kier molecular flexibility index (Phi) is 11.3. The van der Waals surface area contributed by atoms with E-state index in [2.05, 4.69) is 10.6 Å². The Morgan fingerprint density at radius 3 is 1.93 bits per heavy atom. The molecule has 4 amide bonds. The van der Waals surface area contributed by atoms with E-state index in [0.29, 0.717) is 19.4 Å². The zero-order valence-electron chi connectivity index (χ0n) is 15.0. The lowest BCUT2D eigenvalue weighted by atomic mass is 10.1. The van der Waals surface area contributed by atoms with Gasteiger partial charge in [0.25, 0.3) is 0 Å². The highest BCUT2D eigenvalue weighted by Crippen LogP contribution is 2.04. The largest absolute Gasteiger partial charge is 0.480 e. The summed E-state index contributed by atoms with van der Waals surface area (Å²) in [5.74, 6) is -4.40. The van der Waals surface area contributed by atoms with E-state index in [0.717, 1.165) is 0 Å². The highest BCUT2D eigenvalue weighted by atomic mass is 16.4. The molecule has 0 aromatic rings. The molecular weight excluding hydrogens is 360 g/mol. The van der Waals surface area contributed by atoms with Gasteiger partial charge in [0, 0.05) is 6.42 Å². The number of rotatable bonds is 14. The Morgan fingerprint density at radius 2 is 1.44 bits per heavy atom. The topological polar surface area (TPSA) is 234 Å². The van der Waals surface area contributed by atoms with Crippen LogP contribution in [0, 0.1) is 0 Å². The second-order valence-corrected chi connectivity index (χ2v) is 6.03. The summed E-state index contributed by atoms with van der Waals surface area (Å²) in [6.07, 6.45) is 0.390. The molecule has 0 aromatic heterocycles. The molecule has 0 saturated heterocycles. The number of nitrogens with one attached hydrogen (secondary N) is 2. The average molecular weight is 388 g/mol. The van der Waals surface area contributed by atoms with E-state index in [-0.39, 0.29) is 19.3 Å². The van der Waals surface area contributed by atoms with Crippen molar-refractivity contribution in [2.24, 2.45) is 22.9 Å². The summed E-state index contributed by atoms with van der Waals surface area (Å²) in [7, 11) is 0. The van der Waals surface area contributed by atoms with Gasteiger partial charge in [0.2, 0.25) is 23.6 Å². The third-order valence-corrected chi connectivity index (χ3v) is 3.63. The third kappa shape index (κ3) is 10.8. The molecule has 0 heterocycles. The van der Waals surface area contributed by atoms with Crippen molar-refractivity contribution in [2.45, 2.75) is 56.7 Å². The van der Waals surface area contributed by atoms with Gasteiger partial charge in [-0.2, -0.15) is 0 Å². The molecule has 154 valence electrons. The van der Waals surface area contributed by atoms with Crippen molar-refractivity contribution in [3.8, 4) is 0 Å². The molecule has 0 aliphatic carbocycles. The van der Waals surface area contributed by atoms with Crippen LogP contribution in [-0.2, 0) is 24.0 Å². The van der Waals surface area contributed by atoms with Crippen LogP contribution in [0.2, 0.25) is 0 Å². The van der Waals surface area contributed by atoms with E-state index in [9.17, 15) is 29.1 Å². The number of carbonyl (C=O) groups is 5. The average Bonchev–Trinajstić information content (AvgIpc) is 2.56. The molecule has 12 heteroatoms. The van der Waals surface area contributed by atoms with Crippen LogP contribution in [0.1, 0.15) is 38.5 Å². The minimum Gasteiger partial charge on any atom is -0.480 e. The highest BCUT2D eigenvalue weighted by molar-refractivity contribution is 5.93. The van der Waals surface area contributed by atoms with E-state index in [4.69, 9.17) is 22.9 Å². The number of primary amides is 2. The maximum Gasteiger partial charge on any atom is 0.326 e. The zero-order valence-corrected chi connectivity index (χ0v) is 15.0. The number of aliphatic carboxylic acids is 1. The second-order valence-electron chi connectivity index (χ2n) is 6.03. The molecule has 11 N–H and O–H groups in total. The number of carboxylic acids is 1. The van der Waals surface area contributed by atoms with Crippen molar-refractivity contribution in [3.63, 3.8) is 0 Å². The number of hydrogen-bond acceptors (Lipinski definition) is 7. The standard InChI is InChI=1S/C15H28N6O6/c16-6-2-1-3-10(15(26)27)21-14(25)9(4-5-11(18)22)20-13(24)8(17)7-12(19)23/h8-10H,1-7,16-17H2,(H2,18,22)(H2,19,23)(H,20,24)(H,21,25)(H,26,27)/t8-,9-,10-/m0/s1. The molecule has 0 aromatic carbocycles. The van der Waals surface area contributed by atoms with Crippen molar-refractivity contribution in [1.29, 1.82) is 0 Å². The number of carbonyl (C=O) groups excluding carboxylic acids is 4. The SMILES string of the molecule is NCCCC[C@H](NC(=O)[C@H](CCC(N)=O)NC(=O)[C@@H](N)CC(N)=O)C(=O)O. The fourth-order valence-corrected chi connectivity index (χ4v) is 2.17. The van der Waals surface area contributed by atoms with Gasteiger partial charge < -0.3 is 38.7 Å². The van der Waals surface area contributed by atoms with Crippen molar-refractivity contribution >= 4 is 29.6 Å². The fourth-order valence-electron chi connectivity index (χ4n) is 2.17. The van der Waals surface area contributed by atoms with Gasteiger partial charge >= 0.3 is 5.97 Å². The van der Waals surface area contributed by atoms with E-state index in [1.165, 1.54) is 0 Å². The Morgan fingerprint density at radius 1 is 0.852 bits per heavy atom. The van der Waals surface area contributed by atoms with Crippen LogP contribution in [-0.4, -0.2) is 59.4 Å². The molecular formula is C15H28N6O6. The molecule has 27 heavy (non-hydrogen) atoms. The normalized spacial score (nSPS) is 13.9. The lowest BCUT2D eigenvalue weighted by Gasteiger charge is -2.22. The summed E-state index contributed by atoms with van der Waals surface area (Å²) in [5.41, 5.74) is 20.9. The third-order valence-electron chi connectivity index (χ3n) is 3.63. The second kappa shape index (κ2) is 12.6. The molecule has 0 bridgehead atoms. The maximum absolute atomic E-state index is 12.4. The molecule has 0 saturated carbocycles. The molecule has 3 atom stereocenters. The van der Waals surface area contributed by atoms with Crippen molar-refractivity contribution in [3.05, 3.63) is 0 Å². The number of amides is 4. The van der Waals surface area contributed by atoms with Gasteiger partial charge in [0.15, 0.2) is 0 Å². The molecule has 0 aliphatic rings. The summed E-state index contributed by atoms with van der Waals surface area (Å²) >= 11 is 0. The minimum atomic E-state index is -1.29. The molecule has 0 unspecified atom stereocenters. The first-order valence-electron chi connectivity index (χ1n) is 8.44. The Balaban J connectivity index is 5.04. The van der Waals surface area contributed by atoms with E-state index in [1.54, 1.807) is 0 Å². The van der Waals surface area contributed by atoms with Crippen LogP contribution >= 0.6 is 0 Å². The first kappa shape index (κ1) is 24.3. The first-order valence-corrected chi connectivity index (χ1v) is 8.44. The first-order chi connectivity index (χ1) is 12.6. The van der Waals surface area contributed by atoms with Crippen molar-refractivity contribution in [2.75, 3.05) is 6.54 Å². The van der Waals surface area contributed by atoms with Gasteiger partial charge in [-0.25, -0.2) is 4.79 Å². The smallest absolute Gasteiger partial charge is 0.326 e. The Labute approximate surface area is 156 Å². The fraction of sp³-hybridized carbons (Fsp3) is 0.667. The summed E-state index contributed by atoms with van der Waals surface area (Å²) in [6.45, 7) is 0.384. The minimum absolute atomic E-state index is 0.149. The predicted octanol–water partition coefficient (Wildman–Crippen LogP) is -3.36. The number of nitrogens with two attached hydrogens (primary N) is 4. The summed E-state index contributed by atoms with van der Waals surface area (Å²) in [4.78, 5) is 57.5. The van der Waals surface area contributed by atoms with Gasteiger partial charge in [0.05, 0.1) is 12.5 Å². The van der Waals surface area contributed by atoms with Gasteiger partial charge in [-0.15, -0.1) is 0 Å². The van der Waals surface area contributed by atoms with Gasteiger partial charge in [-0.3, -0.25) is 19.2 Å². The van der Waals surface area contributed by atoms with Crippen molar-refractivity contribution in [1.82, 2.24) is 10.6 Å². The van der Waals surface area contributed by atoms with E-state index >= 15 is 0 Å². The van der Waals surface area contributed by atoms with Gasteiger partial charge in [0.1, 0.15) is 12.1 Å². The van der Waals surface area contributed by atoms with E-state index in [1.807, 2.05) is 0 Å². The molecule has 0 rings (SSSR count). The van der Waals surface area contributed by atoms with Crippen LogP contribution in [0.5, 0.6) is 0 Å². The highest BCUT2D eigenvalue weighted by Gasteiger charge is 2.28. The number of carboxylic acid groups (broad SMARTS) is 1. The summed E-state index contributed by atoms with van der Waals surface area (Å²) < 4.78 is 0. The Hall–Kier alpha value is -2.73. The lowest BCUT2D eigenvalue weighted by Crippen LogP contribution is -2.55. The predicted molar refractivity (Wildman–Crippen MR) is 94.6 cm³/mol. The van der Waals surface area contributed by atoms with Gasteiger partial charge in [-0.1, -0.05) is 0 Å². The van der Waals surface area contributed by atoms with Crippen LogP contribution in [0.4, 0.5) is 0 Å². The van der Waals surface area contributed by atoms with E-state index < -0.39 is 54.1 Å². The quantitative estimate of drug-likeness (QED) is 0.148. The molecule has 0 radical (unpaired) electrons. The zero-order chi connectivity index (χ0) is 21.0. The molecule has 0 spiro atoms.